The standard InChI is InChI=1S/C13H26N2O/c1-10(2)11-9-15(8-6-7-14-11)12(16)13(3,4)5/h10-11,14H,6-9H2,1-5H3. The van der Waals surface area contributed by atoms with E-state index in [0.29, 0.717) is 12.0 Å². The Morgan fingerprint density at radius 3 is 2.50 bits per heavy atom. The van der Waals surface area contributed by atoms with Crippen molar-refractivity contribution < 1.29 is 4.79 Å². The lowest BCUT2D eigenvalue weighted by Crippen LogP contribution is -2.46. The van der Waals surface area contributed by atoms with Crippen LogP contribution in [-0.2, 0) is 4.79 Å². The molecule has 1 fully saturated rings. The molecule has 1 saturated heterocycles. The fourth-order valence-corrected chi connectivity index (χ4v) is 2.06. The van der Waals surface area contributed by atoms with E-state index >= 15 is 0 Å². The molecule has 0 bridgehead atoms. The Kier molecular flexibility index (Phi) is 4.36. The molecule has 3 nitrogen and oxygen atoms in total. The highest BCUT2D eigenvalue weighted by atomic mass is 16.2. The third-order valence-electron chi connectivity index (χ3n) is 3.16. The highest BCUT2D eigenvalue weighted by Crippen LogP contribution is 2.19. The van der Waals surface area contributed by atoms with Gasteiger partial charge in [0.15, 0.2) is 0 Å². The van der Waals surface area contributed by atoms with E-state index in [9.17, 15) is 4.79 Å². The number of nitrogens with one attached hydrogen (secondary N) is 1. The lowest BCUT2D eigenvalue weighted by Gasteiger charge is -2.31. The van der Waals surface area contributed by atoms with Gasteiger partial charge in [0.25, 0.3) is 0 Å². The van der Waals surface area contributed by atoms with Gasteiger partial charge >= 0.3 is 0 Å². The zero-order valence-corrected chi connectivity index (χ0v) is 11.3. The molecule has 1 amide bonds. The van der Waals surface area contributed by atoms with Crippen LogP contribution in [0.2, 0.25) is 0 Å². The molecule has 1 heterocycles. The summed E-state index contributed by atoms with van der Waals surface area (Å²) in [5.41, 5.74) is -0.258. The lowest BCUT2D eigenvalue weighted by atomic mass is 9.94. The molecule has 3 heteroatoms. The molecule has 1 rings (SSSR count). The minimum atomic E-state index is -0.258. The van der Waals surface area contributed by atoms with Crippen LogP contribution in [0.5, 0.6) is 0 Å². The van der Waals surface area contributed by atoms with Crippen LogP contribution in [0.4, 0.5) is 0 Å². The van der Waals surface area contributed by atoms with E-state index in [4.69, 9.17) is 0 Å². The second-order valence-electron chi connectivity index (χ2n) is 6.16. The first kappa shape index (κ1) is 13.5. The Bertz CT molecular complexity index is 243. The summed E-state index contributed by atoms with van der Waals surface area (Å²) in [6.07, 6.45) is 1.06. The van der Waals surface area contributed by atoms with E-state index < -0.39 is 0 Å². The number of rotatable bonds is 1. The summed E-state index contributed by atoms with van der Waals surface area (Å²) >= 11 is 0. The number of nitrogens with zero attached hydrogens (tertiary/aromatic N) is 1. The maximum Gasteiger partial charge on any atom is 0.228 e. The smallest absolute Gasteiger partial charge is 0.228 e. The number of hydrogen-bond acceptors (Lipinski definition) is 2. The second kappa shape index (κ2) is 5.17. The van der Waals surface area contributed by atoms with Crippen molar-refractivity contribution in [2.24, 2.45) is 11.3 Å². The molecule has 1 aliphatic heterocycles. The van der Waals surface area contributed by atoms with Crippen molar-refractivity contribution in [1.29, 1.82) is 0 Å². The maximum absolute atomic E-state index is 12.2. The van der Waals surface area contributed by atoms with Gasteiger partial charge in [0, 0.05) is 24.5 Å². The summed E-state index contributed by atoms with van der Waals surface area (Å²) in [5, 5.41) is 3.52. The van der Waals surface area contributed by atoms with Crippen LogP contribution >= 0.6 is 0 Å². The van der Waals surface area contributed by atoms with Crippen LogP contribution < -0.4 is 5.32 Å². The van der Waals surface area contributed by atoms with E-state index in [1.165, 1.54) is 0 Å². The SMILES string of the molecule is CC(C)C1CN(C(=O)C(C)(C)C)CCCN1. The molecule has 0 saturated carbocycles. The van der Waals surface area contributed by atoms with Gasteiger partial charge in [-0.1, -0.05) is 34.6 Å². The Morgan fingerprint density at radius 2 is 2.00 bits per heavy atom. The molecule has 0 spiro atoms. The molecule has 1 atom stereocenters. The molecule has 0 aromatic carbocycles. The Morgan fingerprint density at radius 1 is 1.38 bits per heavy atom. The van der Waals surface area contributed by atoms with Gasteiger partial charge in [-0.2, -0.15) is 0 Å². The maximum atomic E-state index is 12.2. The Balaban J connectivity index is 2.69. The summed E-state index contributed by atoms with van der Waals surface area (Å²) in [4.78, 5) is 14.3. The van der Waals surface area contributed by atoms with Crippen LogP contribution in [0.3, 0.4) is 0 Å². The van der Waals surface area contributed by atoms with Crippen molar-refractivity contribution in [3.05, 3.63) is 0 Å². The zero-order valence-electron chi connectivity index (χ0n) is 11.3. The lowest BCUT2D eigenvalue weighted by molar-refractivity contribution is -0.139. The zero-order chi connectivity index (χ0) is 12.3. The molecular formula is C13H26N2O. The fraction of sp³-hybridized carbons (Fsp3) is 0.923. The molecule has 1 N–H and O–H groups in total. The number of hydrogen-bond donors (Lipinski definition) is 1. The summed E-state index contributed by atoms with van der Waals surface area (Å²) < 4.78 is 0. The van der Waals surface area contributed by atoms with Crippen LogP contribution in [0, 0.1) is 11.3 Å². The number of amides is 1. The highest BCUT2D eigenvalue weighted by Gasteiger charge is 2.30. The van der Waals surface area contributed by atoms with Gasteiger partial charge < -0.3 is 10.2 Å². The quantitative estimate of drug-likeness (QED) is 0.740. The second-order valence-corrected chi connectivity index (χ2v) is 6.16. The first-order valence-electron chi connectivity index (χ1n) is 6.35. The highest BCUT2D eigenvalue weighted by molar-refractivity contribution is 5.81. The third kappa shape index (κ3) is 3.48. The molecule has 16 heavy (non-hydrogen) atoms. The van der Waals surface area contributed by atoms with Gasteiger partial charge in [-0.15, -0.1) is 0 Å². The third-order valence-corrected chi connectivity index (χ3v) is 3.16. The first-order valence-corrected chi connectivity index (χ1v) is 6.35. The van der Waals surface area contributed by atoms with Crippen molar-refractivity contribution in [3.8, 4) is 0 Å². The molecule has 0 aromatic heterocycles. The molecule has 1 aliphatic rings. The summed E-state index contributed by atoms with van der Waals surface area (Å²) in [6, 6.07) is 0.439. The van der Waals surface area contributed by atoms with Crippen LogP contribution in [-0.4, -0.2) is 36.5 Å². The van der Waals surface area contributed by atoms with Crippen molar-refractivity contribution >= 4 is 5.91 Å². The van der Waals surface area contributed by atoms with Gasteiger partial charge in [-0.25, -0.2) is 0 Å². The number of carbonyl (C=O) groups is 1. The van der Waals surface area contributed by atoms with Crippen LogP contribution in [0.25, 0.3) is 0 Å². The van der Waals surface area contributed by atoms with Crippen LogP contribution in [0.1, 0.15) is 41.0 Å². The molecule has 0 aliphatic carbocycles. The number of carbonyl (C=O) groups excluding carboxylic acids is 1. The van der Waals surface area contributed by atoms with E-state index in [2.05, 4.69) is 19.2 Å². The monoisotopic (exact) mass is 226 g/mol. The van der Waals surface area contributed by atoms with Crippen LogP contribution in [0.15, 0.2) is 0 Å². The van der Waals surface area contributed by atoms with Crippen molar-refractivity contribution in [2.45, 2.75) is 47.1 Å². The molecule has 0 aromatic rings. The van der Waals surface area contributed by atoms with Gasteiger partial charge in [-0.05, 0) is 18.9 Å². The summed E-state index contributed by atoms with van der Waals surface area (Å²) in [6.45, 7) is 13.2. The minimum absolute atomic E-state index is 0.258. The van der Waals surface area contributed by atoms with Crippen molar-refractivity contribution in [2.75, 3.05) is 19.6 Å². The largest absolute Gasteiger partial charge is 0.341 e. The average molecular weight is 226 g/mol. The predicted octanol–water partition coefficient (Wildman–Crippen LogP) is 1.88. The minimum Gasteiger partial charge on any atom is -0.341 e. The normalized spacial score (nSPS) is 23.4. The van der Waals surface area contributed by atoms with Gasteiger partial charge in [-0.3, -0.25) is 4.79 Å². The summed E-state index contributed by atoms with van der Waals surface area (Å²) in [5.74, 6) is 0.857. The first-order chi connectivity index (χ1) is 7.32. The van der Waals surface area contributed by atoms with E-state index in [1.54, 1.807) is 0 Å². The van der Waals surface area contributed by atoms with Crippen molar-refractivity contribution in [1.82, 2.24) is 10.2 Å². The van der Waals surface area contributed by atoms with E-state index in [0.717, 1.165) is 26.1 Å². The Hall–Kier alpha value is -0.570. The fourth-order valence-electron chi connectivity index (χ4n) is 2.06. The predicted molar refractivity (Wildman–Crippen MR) is 67.3 cm³/mol. The van der Waals surface area contributed by atoms with Gasteiger partial charge in [0.2, 0.25) is 5.91 Å². The van der Waals surface area contributed by atoms with Gasteiger partial charge in [0.05, 0.1) is 0 Å². The topological polar surface area (TPSA) is 32.3 Å². The molecule has 1 unspecified atom stereocenters. The van der Waals surface area contributed by atoms with E-state index in [-0.39, 0.29) is 11.3 Å². The molecular weight excluding hydrogens is 200 g/mol. The van der Waals surface area contributed by atoms with E-state index in [1.807, 2.05) is 25.7 Å². The Labute approximate surface area is 99.6 Å². The van der Waals surface area contributed by atoms with Gasteiger partial charge in [0.1, 0.15) is 0 Å². The van der Waals surface area contributed by atoms with Crippen molar-refractivity contribution in [3.63, 3.8) is 0 Å². The molecule has 94 valence electrons. The molecule has 0 radical (unpaired) electrons. The summed E-state index contributed by atoms with van der Waals surface area (Å²) in [7, 11) is 0. The average Bonchev–Trinajstić information content (AvgIpc) is 2.40.